The highest BCUT2D eigenvalue weighted by atomic mass is 16.5. The molecule has 2 aromatic rings. The Morgan fingerprint density at radius 1 is 1.30 bits per heavy atom. The predicted molar refractivity (Wildman–Crippen MR) is 103 cm³/mol. The summed E-state index contributed by atoms with van der Waals surface area (Å²) < 4.78 is 8.17. The SMILES string of the molecule is C=CCN(Cc1ccc(OC)cc1)C(=O)Cn1nc2n(c1=O)CCCCC2. The zero-order valence-electron chi connectivity index (χ0n) is 15.8. The molecule has 0 radical (unpaired) electrons. The summed E-state index contributed by atoms with van der Waals surface area (Å²) in [6, 6.07) is 7.58. The number of aryl methyl sites for hydroxylation is 1. The first-order valence-corrected chi connectivity index (χ1v) is 9.30. The maximum Gasteiger partial charge on any atom is 0.346 e. The number of ether oxygens (including phenoxy) is 1. The average molecular weight is 370 g/mol. The van der Waals surface area contributed by atoms with Crippen LogP contribution in [-0.2, 0) is 30.8 Å². The number of rotatable bonds is 7. The summed E-state index contributed by atoms with van der Waals surface area (Å²) in [6.45, 7) is 5.22. The summed E-state index contributed by atoms with van der Waals surface area (Å²) in [6.07, 6.45) is 5.60. The highest BCUT2D eigenvalue weighted by molar-refractivity contribution is 5.76. The van der Waals surface area contributed by atoms with Crippen LogP contribution in [0.2, 0.25) is 0 Å². The minimum atomic E-state index is -0.191. The quantitative estimate of drug-likeness (QED) is 0.699. The van der Waals surface area contributed by atoms with Crippen LogP contribution in [0.1, 0.15) is 30.7 Å². The molecule has 0 fully saturated rings. The van der Waals surface area contributed by atoms with Gasteiger partial charge >= 0.3 is 5.69 Å². The predicted octanol–water partition coefficient (Wildman–Crippen LogP) is 1.99. The van der Waals surface area contributed by atoms with E-state index in [0.717, 1.165) is 42.8 Å². The Bertz CT molecular complexity index is 851. The topological polar surface area (TPSA) is 69.4 Å². The van der Waals surface area contributed by atoms with Gasteiger partial charge in [-0.25, -0.2) is 9.48 Å². The van der Waals surface area contributed by atoms with Gasteiger partial charge in [-0.15, -0.1) is 6.58 Å². The average Bonchev–Trinajstić information content (AvgIpc) is 2.85. The number of carbonyl (C=O) groups excluding carboxylic acids is 1. The molecule has 0 saturated carbocycles. The van der Waals surface area contributed by atoms with Crippen LogP contribution >= 0.6 is 0 Å². The third-order valence-corrected chi connectivity index (χ3v) is 4.80. The summed E-state index contributed by atoms with van der Waals surface area (Å²) in [5, 5.41) is 4.40. The fraction of sp³-hybridized carbons (Fsp3) is 0.450. The molecule has 2 heterocycles. The molecular weight excluding hydrogens is 344 g/mol. The first kappa shape index (κ1) is 18.9. The molecule has 27 heavy (non-hydrogen) atoms. The largest absolute Gasteiger partial charge is 0.497 e. The molecule has 1 aromatic carbocycles. The number of carbonyl (C=O) groups is 1. The molecule has 1 aliphatic heterocycles. The number of methoxy groups -OCH3 is 1. The van der Waals surface area contributed by atoms with Gasteiger partial charge in [0.05, 0.1) is 7.11 Å². The number of fused-ring (bicyclic) bond motifs is 1. The van der Waals surface area contributed by atoms with Crippen LogP contribution in [-0.4, -0.2) is 38.8 Å². The van der Waals surface area contributed by atoms with Crippen molar-refractivity contribution in [1.82, 2.24) is 19.2 Å². The number of amides is 1. The summed E-state index contributed by atoms with van der Waals surface area (Å²) in [5.74, 6) is 1.41. The lowest BCUT2D eigenvalue weighted by Crippen LogP contribution is -2.37. The Morgan fingerprint density at radius 2 is 2.07 bits per heavy atom. The van der Waals surface area contributed by atoms with Crippen molar-refractivity contribution in [2.75, 3.05) is 13.7 Å². The molecule has 0 saturated heterocycles. The van der Waals surface area contributed by atoms with Gasteiger partial charge in [0.1, 0.15) is 18.1 Å². The molecular formula is C20H26N4O3. The van der Waals surface area contributed by atoms with Gasteiger partial charge in [-0.05, 0) is 30.5 Å². The van der Waals surface area contributed by atoms with Crippen LogP contribution in [0.15, 0.2) is 41.7 Å². The molecule has 1 aliphatic rings. The highest BCUT2D eigenvalue weighted by Crippen LogP contribution is 2.14. The molecule has 3 rings (SSSR count). The molecule has 0 N–H and O–H groups in total. The molecule has 0 aliphatic carbocycles. The Labute approximate surface area is 158 Å². The number of hydrogen-bond acceptors (Lipinski definition) is 4. The van der Waals surface area contributed by atoms with E-state index in [1.807, 2.05) is 24.3 Å². The van der Waals surface area contributed by atoms with E-state index < -0.39 is 0 Å². The van der Waals surface area contributed by atoms with Crippen LogP contribution in [0.5, 0.6) is 5.75 Å². The summed E-state index contributed by atoms with van der Waals surface area (Å²) in [7, 11) is 1.62. The molecule has 1 amide bonds. The van der Waals surface area contributed by atoms with Crippen LogP contribution in [0.25, 0.3) is 0 Å². The van der Waals surface area contributed by atoms with Crippen LogP contribution in [0.4, 0.5) is 0 Å². The van der Waals surface area contributed by atoms with E-state index in [0.29, 0.717) is 19.6 Å². The molecule has 7 nitrogen and oxygen atoms in total. The number of hydrogen-bond donors (Lipinski definition) is 0. The van der Waals surface area contributed by atoms with Crippen molar-refractivity contribution in [3.05, 3.63) is 58.8 Å². The molecule has 0 bridgehead atoms. The van der Waals surface area contributed by atoms with Gasteiger partial charge in [0.2, 0.25) is 5.91 Å². The monoisotopic (exact) mass is 370 g/mol. The van der Waals surface area contributed by atoms with Crippen molar-refractivity contribution in [2.45, 2.75) is 45.3 Å². The van der Waals surface area contributed by atoms with Crippen molar-refractivity contribution in [3.8, 4) is 5.75 Å². The van der Waals surface area contributed by atoms with Crippen molar-refractivity contribution in [2.24, 2.45) is 0 Å². The standard InChI is InChI=1S/C20H26N4O3/c1-3-12-22(14-16-8-10-17(27-2)11-9-16)19(25)15-24-20(26)23-13-6-4-5-7-18(23)21-24/h3,8-11H,1,4-7,12-15H2,2H3. The van der Waals surface area contributed by atoms with Crippen LogP contribution in [0.3, 0.4) is 0 Å². The molecule has 0 spiro atoms. The molecule has 0 unspecified atom stereocenters. The minimum absolute atomic E-state index is 0.0527. The molecule has 1 aromatic heterocycles. The van der Waals surface area contributed by atoms with Crippen molar-refractivity contribution < 1.29 is 9.53 Å². The highest BCUT2D eigenvalue weighted by Gasteiger charge is 2.20. The van der Waals surface area contributed by atoms with E-state index in [1.54, 1.807) is 22.7 Å². The Morgan fingerprint density at radius 3 is 2.78 bits per heavy atom. The second kappa shape index (κ2) is 8.70. The number of aromatic nitrogens is 3. The van der Waals surface area contributed by atoms with E-state index >= 15 is 0 Å². The normalized spacial score (nSPS) is 13.5. The summed E-state index contributed by atoms with van der Waals surface area (Å²) >= 11 is 0. The maximum absolute atomic E-state index is 12.8. The van der Waals surface area contributed by atoms with Gasteiger partial charge in [0, 0.05) is 26.1 Å². The first-order valence-electron chi connectivity index (χ1n) is 9.30. The van der Waals surface area contributed by atoms with Gasteiger partial charge in [-0.3, -0.25) is 9.36 Å². The zero-order valence-corrected chi connectivity index (χ0v) is 15.8. The Kier molecular flexibility index (Phi) is 6.11. The van der Waals surface area contributed by atoms with Gasteiger partial charge in [-0.2, -0.15) is 5.10 Å². The number of benzene rings is 1. The zero-order chi connectivity index (χ0) is 19.2. The first-order chi connectivity index (χ1) is 13.1. The van der Waals surface area contributed by atoms with E-state index in [1.165, 1.54) is 4.68 Å². The maximum atomic E-state index is 12.8. The lowest BCUT2D eigenvalue weighted by molar-refractivity contribution is -0.132. The van der Waals surface area contributed by atoms with E-state index in [2.05, 4.69) is 11.7 Å². The van der Waals surface area contributed by atoms with Gasteiger partial charge in [0.25, 0.3) is 0 Å². The molecule has 144 valence electrons. The van der Waals surface area contributed by atoms with Crippen LogP contribution in [0, 0.1) is 0 Å². The van der Waals surface area contributed by atoms with Crippen LogP contribution < -0.4 is 10.4 Å². The fourth-order valence-corrected chi connectivity index (χ4v) is 3.32. The second-order valence-corrected chi connectivity index (χ2v) is 6.73. The van der Waals surface area contributed by atoms with E-state index in [-0.39, 0.29) is 18.1 Å². The van der Waals surface area contributed by atoms with Gasteiger partial charge < -0.3 is 9.64 Å². The van der Waals surface area contributed by atoms with Crippen molar-refractivity contribution in [1.29, 1.82) is 0 Å². The number of nitrogens with zero attached hydrogens (tertiary/aromatic N) is 4. The van der Waals surface area contributed by atoms with Gasteiger partial charge in [0.15, 0.2) is 0 Å². The van der Waals surface area contributed by atoms with Gasteiger partial charge in [-0.1, -0.05) is 24.6 Å². The molecule has 7 heteroatoms. The van der Waals surface area contributed by atoms with E-state index in [4.69, 9.17) is 4.74 Å². The van der Waals surface area contributed by atoms with Crippen molar-refractivity contribution >= 4 is 5.91 Å². The van der Waals surface area contributed by atoms with E-state index in [9.17, 15) is 9.59 Å². The Balaban J connectivity index is 1.73. The fourth-order valence-electron chi connectivity index (χ4n) is 3.32. The van der Waals surface area contributed by atoms with Crippen molar-refractivity contribution in [3.63, 3.8) is 0 Å². The smallest absolute Gasteiger partial charge is 0.346 e. The third-order valence-electron chi connectivity index (χ3n) is 4.80. The third kappa shape index (κ3) is 4.48. The lowest BCUT2D eigenvalue weighted by atomic mass is 10.2. The Hall–Kier alpha value is -2.83. The second-order valence-electron chi connectivity index (χ2n) is 6.73. The summed E-state index contributed by atoms with van der Waals surface area (Å²) in [4.78, 5) is 27.0. The summed E-state index contributed by atoms with van der Waals surface area (Å²) in [5.41, 5.74) is 0.794. The molecule has 0 atom stereocenters. The minimum Gasteiger partial charge on any atom is -0.497 e. The lowest BCUT2D eigenvalue weighted by Gasteiger charge is -2.21.